The maximum absolute atomic E-state index is 13.1. The van der Waals surface area contributed by atoms with E-state index in [0.29, 0.717) is 25.4 Å². The smallest absolute Gasteiger partial charge is 0.326 e. The molecule has 7 nitrogen and oxygen atoms in total. The first-order chi connectivity index (χ1) is 11.9. The fourth-order valence-corrected chi connectivity index (χ4v) is 4.68. The fraction of sp³-hybridized carbons (Fsp3) is 0.833. The first kappa shape index (κ1) is 18.2. The van der Waals surface area contributed by atoms with Gasteiger partial charge in [0, 0.05) is 32.1 Å². The molecule has 0 radical (unpaired) electrons. The summed E-state index contributed by atoms with van der Waals surface area (Å²) in [6.45, 7) is 1.80. The minimum absolute atomic E-state index is 0.00599. The highest BCUT2D eigenvalue weighted by Crippen LogP contribution is 2.41. The Morgan fingerprint density at radius 3 is 2.64 bits per heavy atom. The Morgan fingerprint density at radius 1 is 1.24 bits per heavy atom. The largest absolute Gasteiger partial charge is 0.480 e. The fourth-order valence-electron chi connectivity index (χ4n) is 4.68. The molecule has 0 aromatic carbocycles. The molecule has 140 valence electrons. The van der Waals surface area contributed by atoms with Crippen LogP contribution in [0.2, 0.25) is 0 Å². The van der Waals surface area contributed by atoms with Crippen LogP contribution in [-0.2, 0) is 14.4 Å². The van der Waals surface area contributed by atoms with Gasteiger partial charge in [-0.2, -0.15) is 0 Å². The minimum Gasteiger partial charge on any atom is -0.480 e. The van der Waals surface area contributed by atoms with Crippen molar-refractivity contribution in [3.63, 3.8) is 0 Å². The molecule has 3 aliphatic rings. The molecule has 4 atom stereocenters. The van der Waals surface area contributed by atoms with E-state index >= 15 is 0 Å². The number of hydrogen-bond donors (Lipinski definition) is 1. The average molecular weight is 351 g/mol. The lowest BCUT2D eigenvalue weighted by Crippen LogP contribution is -2.49. The summed E-state index contributed by atoms with van der Waals surface area (Å²) in [4.78, 5) is 42.5. The number of fused-ring (bicyclic) bond motifs is 1. The predicted molar refractivity (Wildman–Crippen MR) is 91.9 cm³/mol. The standard InChI is InChI=1S/C18H29N3O4/c1-19(2)7-8-20-11-13(10-16(20)22)17(23)21-14-6-4-3-5-12(14)9-15(21)18(24)25/h12-15H,3-11H2,1-2H3,(H,24,25). The number of carbonyl (C=O) groups is 3. The van der Waals surface area contributed by atoms with Gasteiger partial charge in [-0.25, -0.2) is 4.79 Å². The summed E-state index contributed by atoms with van der Waals surface area (Å²) >= 11 is 0. The van der Waals surface area contributed by atoms with Crippen molar-refractivity contribution in [3.05, 3.63) is 0 Å². The maximum Gasteiger partial charge on any atom is 0.326 e. The summed E-state index contributed by atoms with van der Waals surface area (Å²) in [5, 5.41) is 9.59. The van der Waals surface area contributed by atoms with Gasteiger partial charge >= 0.3 is 5.97 Å². The Morgan fingerprint density at radius 2 is 1.96 bits per heavy atom. The van der Waals surface area contributed by atoms with Crippen LogP contribution in [0, 0.1) is 11.8 Å². The Bertz CT molecular complexity index is 550. The molecule has 1 N–H and O–H groups in total. The molecule has 2 aliphatic heterocycles. The maximum atomic E-state index is 13.1. The van der Waals surface area contributed by atoms with Crippen molar-refractivity contribution in [1.82, 2.24) is 14.7 Å². The topological polar surface area (TPSA) is 81.2 Å². The summed E-state index contributed by atoms with van der Waals surface area (Å²) in [6.07, 6.45) is 4.86. The monoisotopic (exact) mass is 351 g/mol. The van der Waals surface area contributed by atoms with Crippen LogP contribution in [-0.4, -0.2) is 83.4 Å². The van der Waals surface area contributed by atoms with Gasteiger partial charge in [-0.1, -0.05) is 12.8 Å². The second-order valence-electron chi connectivity index (χ2n) is 7.99. The summed E-state index contributed by atoms with van der Waals surface area (Å²) in [6, 6.07) is -0.667. The predicted octanol–water partition coefficient (Wildman–Crippen LogP) is 0.641. The Hall–Kier alpha value is -1.63. The molecular weight excluding hydrogens is 322 g/mol. The number of carbonyl (C=O) groups excluding carboxylic acids is 2. The Kier molecular flexibility index (Phi) is 5.32. The van der Waals surface area contributed by atoms with Crippen molar-refractivity contribution in [3.8, 4) is 0 Å². The van der Waals surface area contributed by atoms with Crippen LogP contribution in [0.5, 0.6) is 0 Å². The third kappa shape index (κ3) is 3.66. The summed E-state index contributed by atoms with van der Waals surface area (Å²) in [5.74, 6) is -1.11. The number of likely N-dealkylation sites (tertiary alicyclic amines) is 2. The van der Waals surface area contributed by atoms with Crippen LogP contribution in [0.15, 0.2) is 0 Å². The van der Waals surface area contributed by atoms with Crippen LogP contribution in [0.25, 0.3) is 0 Å². The lowest BCUT2D eigenvalue weighted by Gasteiger charge is -2.34. The Labute approximate surface area is 148 Å². The highest BCUT2D eigenvalue weighted by atomic mass is 16.4. The molecule has 0 spiro atoms. The summed E-state index contributed by atoms with van der Waals surface area (Å²) < 4.78 is 0. The number of amides is 2. The minimum atomic E-state index is -0.906. The van der Waals surface area contributed by atoms with E-state index in [2.05, 4.69) is 0 Å². The first-order valence-corrected chi connectivity index (χ1v) is 9.36. The van der Waals surface area contributed by atoms with Crippen LogP contribution in [0.4, 0.5) is 0 Å². The van der Waals surface area contributed by atoms with Crippen molar-refractivity contribution in [1.29, 1.82) is 0 Å². The number of aliphatic carboxylic acids is 1. The molecule has 0 aromatic rings. The van der Waals surface area contributed by atoms with Gasteiger partial charge < -0.3 is 19.8 Å². The van der Waals surface area contributed by atoms with Crippen LogP contribution >= 0.6 is 0 Å². The zero-order chi connectivity index (χ0) is 18.1. The average Bonchev–Trinajstić information content (AvgIpc) is 3.13. The van der Waals surface area contributed by atoms with E-state index < -0.39 is 17.9 Å². The SMILES string of the molecule is CN(C)CCN1CC(C(=O)N2C(C(=O)O)CC3CCCCC32)CC1=O. The Balaban J connectivity index is 1.70. The van der Waals surface area contributed by atoms with Gasteiger partial charge in [0.25, 0.3) is 0 Å². The lowest BCUT2D eigenvalue weighted by molar-refractivity contribution is -0.151. The first-order valence-electron chi connectivity index (χ1n) is 9.36. The number of carboxylic acid groups (broad SMARTS) is 1. The van der Waals surface area contributed by atoms with Crippen molar-refractivity contribution in [2.75, 3.05) is 33.7 Å². The van der Waals surface area contributed by atoms with Gasteiger partial charge in [0.2, 0.25) is 11.8 Å². The molecule has 4 unspecified atom stereocenters. The number of carboxylic acids is 1. The van der Waals surface area contributed by atoms with E-state index in [9.17, 15) is 19.5 Å². The van der Waals surface area contributed by atoms with Crippen LogP contribution in [0.3, 0.4) is 0 Å². The molecule has 3 fully saturated rings. The number of rotatable bonds is 5. The van der Waals surface area contributed by atoms with Crippen molar-refractivity contribution in [2.45, 2.75) is 50.6 Å². The van der Waals surface area contributed by atoms with Crippen molar-refractivity contribution >= 4 is 17.8 Å². The van der Waals surface area contributed by atoms with Gasteiger partial charge in [0.05, 0.1) is 5.92 Å². The molecule has 3 rings (SSSR count). The van der Waals surface area contributed by atoms with Crippen LogP contribution in [0.1, 0.15) is 38.5 Å². The van der Waals surface area contributed by atoms with Crippen LogP contribution < -0.4 is 0 Å². The lowest BCUT2D eigenvalue weighted by atomic mass is 9.84. The molecular formula is C18H29N3O4. The van der Waals surface area contributed by atoms with E-state index in [4.69, 9.17) is 0 Å². The second kappa shape index (κ2) is 7.32. The normalized spacial score (nSPS) is 32.4. The molecule has 2 heterocycles. The van der Waals surface area contributed by atoms with Gasteiger partial charge in [-0.3, -0.25) is 9.59 Å². The molecule has 1 aliphatic carbocycles. The van der Waals surface area contributed by atoms with Crippen molar-refractivity contribution < 1.29 is 19.5 Å². The molecule has 7 heteroatoms. The van der Waals surface area contributed by atoms with Crippen molar-refractivity contribution in [2.24, 2.45) is 11.8 Å². The van der Waals surface area contributed by atoms with E-state index in [0.717, 1.165) is 32.2 Å². The number of nitrogens with zero attached hydrogens (tertiary/aromatic N) is 3. The van der Waals surface area contributed by atoms with E-state index in [1.165, 1.54) is 0 Å². The summed E-state index contributed by atoms with van der Waals surface area (Å²) in [7, 11) is 3.90. The van der Waals surface area contributed by atoms with E-state index in [-0.39, 0.29) is 24.3 Å². The molecule has 2 saturated heterocycles. The molecule has 25 heavy (non-hydrogen) atoms. The van der Waals surface area contributed by atoms with E-state index in [1.807, 2.05) is 19.0 Å². The zero-order valence-corrected chi connectivity index (χ0v) is 15.2. The highest BCUT2D eigenvalue weighted by molar-refractivity contribution is 5.92. The van der Waals surface area contributed by atoms with Gasteiger partial charge in [0.1, 0.15) is 6.04 Å². The van der Waals surface area contributed by atoms with Gasteiger partial charge in [-0.15, -0.1) is 0 Å². The third-order valence-electron chi connectivity index (χ3n) is 6.01. The van der Waals surface area contributed by atoms with E-state index in [1.54, 1.807) is 9.80 Å². The second-order valence-corrected chi connectivity index (χ2v) is 7.99. The molecule has 1 saturated carbocycles. The molecule has 2 amide bonds. The number of likely N-dealkylation sites (N-methyl/N-ethyl adjacent to an activating group) is 1. The number of hydrogen-bond acceptors (Lipinski definition) is 4. The van der Waals surface area contributed by atoms with Gasteiger partial charge in [0.15, 0.2) is 0 Å². The highest BCUT2D eigenvalue weighted by Gasteiger charge is 2.50. The van der Waals surface area contributed by atoms with Gasteiger partial charge in [-0.05, 0) is 39.3 Å². The molecule has 0 bridgehead atoms. The zero-order valence-electron chi connectivity index (χ0n) is 15.2. The summed E-state index contributed by atoms with van der Waals surface area (Å²) in [5.41, 5.74) is 0. The quantitative estimate of drug-likeness (QED) is 0.786. The molecule has 0 aromatic heterocycles. The third-order valence-corrected chi connectivity index (χ3v) is 6.01.